The molecule has 8 heteroatoms. The highest BCUT2D eigenvalue weighted by molar-refractivity contribution is 9.10. The summed E-state index contributed by atoms with van der Waals surface area (Å²) in [6, 6.07) is 11.5. The van der Waals surface area contributed by atoms with Gasteiger partial charge in [-0.05, 0) is 36.8 Å². The van der Waals surface area contributed by atoms with Crippen LogP contribution in [0.3, 0.4) is 0 Å². The maximum Gasteiger partial charge on any atom is 0.278 e. The van der Waals surface area contributed by atoms with E-state index in [0.29, 0.717) is 11.3 Å². The number of oxime groups is 1. The molecule has 0 fully saturated rings. The third kappa shape index (κ3) is 4.88. The second kappa shape index (κ2) is 8.21. The van der Waals surface area contributed by atoms with Crippen molar-refractivity contribution in [1.29, 1.82) is 0 Å². The van der Waals surface area contributed by atoms with Crippen molar-refractivity contribution in [3.63, 3.8) is 0 Å². The number of nitrogens with one attached hydrogen (secondary N) is 1. The minimum Gasteiger partial charge on any atom is -0.386 e. The van der Waals surface area contributed by atoms with E-state index in [-0.39, 0.29) is 18.2 Å². The summed E-state index contributed by atoms with van der Waals surface area (Å²) < 4.78 is 0.950. The van der Waals surface area contributed by atoms with Gasteiger partial charge in [0.1, 0.15) is 0 Å². The number of carbonyl (C=O) groups excluding carboxylic acids is 1. The topological polar surface area (TPSA) is 93.8 Å². The third-order valence-corrected chi connectivity index (χ3v) is 3.93. The molecule has 0 saturated heterocycles. The van der Waals surface area contributed by atoms with E-state index in [1.165, 1.54) is 18.3 Å². The number of para-hydroxylation sites is 1. The highest BCUT2D eigenvalue weighted by Crippen LogP contribution is 2.20. The Hall–Kier alpha value is -2.74. The van der Waals surface area contributed by atoms with Gasteiger partial charge in [0.2, 0.25) is 0 Å². The summed E-state index contributed by atoms with van der Waals surface area (Å²) in [4.78, 5) is 27.0. The van der Waals surface area contributed by atoms with Crippen LogP contribution in [-0.4, -0.2) is 23.7 Å². The predicted octanol–water partition coefficient (Wildman–Crippen LogP) is 3.65. The quantitative estimate of drug-likeness (QED) is 0.461. The Kier molecular flexibility index (Phi) is 6.02. The molecule has 0 aliphatic carbocycles. The Morgan fingerprint density at radius 2 is 2.12 bits per heavy atom. The fourth-order valence-electron chi connectivity index (χ4n) is 1.87. The molecule has 0 aliphatic rings. The number of hydrogen-bond acceptors (Lipinski definition) is 5. The molecule has 2 aromatic carbocycles. The summed E-state index contributed by atoms with van der Waals surface area (Å²) >= 11 is 3.38. The largest absolute Gasteiger partial charge is 0.386 e. The minimum atomic E-state index is -0.510. The maximum atomic E-state index is 11.8. The lowest BCUT2D eigenvalue weighted by molar-refractivity contribution is -0.385. The predicted molar refractivity (Wildman–Crippen MR) is 94.2 cm³/mol. The zero-order chi connectivity index (χ0) is 17.5. The SMILES string of the molecule is Cc1cc(NC(=O)CO/N=C/c2ccccc2[N+](=O)[O-])ccc1Br. The molecular formula is C16H14BrN3O4. The van der Waals surface area contributed by atoms with Crippen LogP contribution in [0.1, 0.15) is 11.1 Å². The van der Waals surface area contributed by atoms with Crippen molar-refractivity contribution in [2.75, 3.05) is 11.9 Å². The fourth-order valence-corrected chi connectivity index (χ4v) is 2.12. The van der Waals surface area contributed by atoms with E-state index in [4.69, 9.17) is 4.84 Å². The first-order valence-electron chi connectivity index (χ1n) is 6.92. The van der Waals surface area contributed by atoms with Crippen LogP contribution in [0.25, 0.3) is 0 Å². The second-order valence-electron chi connectivity index (χ2n) is 4.84. The Morgan fingerprint density at radius 1 is 1.38 bits per heavy atom. The number of anilines is 1. The smallest absolute Gasteiger partial charge is 0.278 e. The lowest BCUT2D eigenvalue weighted by Crippen LogP contribution is -2.17. The molecule has 0 saturated carbocycles. The number of nitro benzene ring substituents is 1. The van der Waals surface area contributed by atoms with Crippen LogP contribution in [0.5, 0.6) is 0 Å². The zero-order valence-electron chi connectivity index (χ0n) is 12.7. The second-order valence-corrected chi connectivity index (χ2v) is 5.69. The van der Waals surface area contributed by atoms with Crippen molar-refractivity contribution in [3.05, 3.63) is 68.2 Å². The standard InChI is InChI=1S/C16H14BrN3O4/c1-11-8-13(6-7-14(11)17)19-16(21)10-24-18-9-12-4-2-3-5-15(12)20(22)23/h2-9H,10H2,1H3,(H,19,21)/b18-9+. The van der Waals surface area contributed by atoms with E-state index < -0.39 is 4.92 Å². The molecule has 0 spiro atoms. The van der Waals surface area contributed by atoms with Gasteiger partial charge < -0.3 is 10.2 Å². The molecular weight excluding hydrogens is 378 g/mol. The van der Waals surface area contributed by atoms with Crippen LogP contribution in [0.2, 0.25) is 0 Å². The first-order valence-corrected chi connectivity index (χ1v) is 7.71. The molecule has 0 aliphatic heterocycles. The van der Waals surface area contributed by atoms with E-state index in [9.17, 15) is 14.9 Å². The highest BCUT2D eigenvalue weighted by Gasteiger charge is 2.10. The Morgan fingerprint density at radius 3 is 2.83 bits per heavy atom. The molecule has 0 unspecified atom stereocenters. The van der Waals surface area contributed by atoms with Crippen molar-refractivity contribution >= 4 is 39.4 Å². The first-order chi connectivity index (χ1) is 11.5. The summed E-state index contributed by atoms with van der Waals surface area (Å²) in [5, 5.41) is 17.1. The zero-order valence-corrected chi connectivity index (χ0v) is 14.3. The minimum absolute atomic E-state index is 0.0837. The Labute approximate surface area is 146 Å². The van der Waals surface area contributed by atoms with Gasteiger partial charge in [-0.3, -0.25) is 14.9 Å². The average molecular weight is 392 g/mol. The Balaban J connectivity index is 1.88. The van der Waals surface area contributed by atoms with E-state index in [2.05, 4.69) is 26.4 Å². The van der Waals surface area contributed by atoms with Crippen molar-refractivity contribution in [3.8, 4) is 0 Å². The van der Waals surface area contributed by atoms with Crippen molar-refractivity contribution in [1.82, 2.24) is 0 Å². The normalized spacial score (nSPS) is 10.6. The van der Waals surface area contributed by atoms with Gasteiger partial charge in [0.15, 0.2) is 6.61 Å². The number of benzene rings is 2. The number of halogens is 1. The van der Waals surface area contributed by atoms with Gasteiger partial charge in [-0.25, -0.2) is 0 Å². The molecule has 1 amide bonds. The number of nitrogens with zero attached hydrogens (tertiary/aromatic N) is 2. The number of aryl methyl sites for hydroxylation is 1. The average Bonchev–Trinajstić information content (AvgIpc) is 2.55. The van der Waals surface area contributed by atoms with Gasteiger partial charge in [0.25, 0.3) is 11.6 Å². The van der Waals surface area contributed by atoms with Crippen LogP contribution in [0, 0.1) is 17.0 Å². The van der Waals surface area contributed by atoms with Crippen molar-refractivity contribution in [2.24, 2.45) is 5.16 Å². The summed E-state index contributed by atoms with van der Waals surface area (Å²) in [5.74, 6) is -0.378. The van der Waals surface area contributed by atoms with Gasteiger partial charge in [0.05, 0.1) is 16.7 Å². The molecule has 0 bridgehead atoms. The summed E-state index contributed by atoms with van der Waals surface area (Å²) in [6.45, 7) is 1.61. The Bertz CT molecular complexity index is 793. The molecule has 0 radical (unpaired) electrons. The van der Waals surface area contributed by atoms with Crippen molar-refractivity contribution in [2.45, 2.75) is 6.92 Å². The molecule has 0 aromatic heterocycles. The van der Waals surface area contributed by atoms with Gasteiger partial charge in [-0.1, -0.05) is 33.2 Å². The molecule has 124 valence electrons. The van der Waals surface area contributed by atoms with Crippen LogP contribution < -0.4 is 5.32 Å². The summed E-state index contributed by atoms with van der Waals surface area (Å²) in [6.07, 6.45) is 1.20. The third-order valence-electron chi connectivity index (χ3n) is 3.04. The number of carbonyl (C=O) groups is 1. The monoisotopic (exact) mass is 391 g/mol. The highest BCUT2D eigenvalue weighted by atomic mass is 79.9. The number of amides is 1. The molecule has 0 atom stereocenters. The molecule has 24 heavy (non-hydrogen) atoms. The van der Waals surface area contributed by atoms with E-state index in [1.807, 2.05) is 19.1 Å². The van der Waals surface area contributed by atoms with Crippen LogP contribution in [0.4, 0.5) is 11.4 Å². The van der Waals surface area contributed by atoms with Crippen molar-refractivity contribution < 1.29 is 14.6 Å². The van der Waals surface area contributed by atoms with Crippen LogP contribution in [0.15, 0.2) is 52.1 Å². The first kappa shape index (κ1) is 17.6. The van der Waals surface area contributed by atoms with Gasteiger partial charge in [-0.15, -0.1) is 0 Å². The maximum absolute atomic E-state index is 11.8. The summed E-state index contributed by atoms with van der Waals surface area (Å²) in [5.41, 5.74) is 1.85. The lowest BCUT2D eigenvalue weighted by Gasteiger charge is -2.06. The number of nitro groups is 1. The molecule has 1 N–H and O–H groups in total. The van der Waals surface area contributed by atoms with Gasteiger partial charge in [-0.2, -0.15) is 0 Å². The van der Waals surface area contributed by atoms with Gasteiger partial charge >= 0.3 is 0 Å². The van der Waals surface area contributed by atoms with E-state index >= 15 is 0 Å². The van der Waals surface area contributed by atoms with Crippen LogP contribution >= 0.6 is 15.9 Å². The summed E-state index contributed by atoms with van der Waals surface area (Å²) in [7, 11) is 0. The van der Waals surface area contributed by atoms with Gasteiger partial charge in [0, 0.05) is 16.2 Å². The fraction of sp³-hybridized carbons (Fsp3) is 0.125. The molecule has 7 nitrogen and oxygen atoms in total. The lowest BCUT2D eigenvalue weighted by atomic mass is 10.2. The molecule has 2 rings (SSSR count). The molecule has 2 aromatic rings. The number of hydrogen-bond donors (Lipinski definition) is 1. The van der Waals surface area contributed by atoms with E-state index in [1.54, 1.807) is 18.2 Å². The van der Waals surface area contributed by atoms with E-state index in [0.717, 1.165) is 10.0 Å². The van der Waals surface area contributed by atoms with Crippen LogP contribution in [-0.2, 0) is 9.63 Å². The molecule has 0 heterocycles. The number of rotatable bonds is 6.